The van der Waals surface area contributed by atoms with Crippen molar-refractivity contribution in [3.63, 3.8) is 0 Å². The summed E-state index contributed by atoms with van der Waals surface area (Å²) in [7, 11) is 1.67. The number of rotatable bonds is 7. The average molecular weight is 242 g/mol. The minimum atomic E-state index is -0.477. The van der Waals surface area contributed by atoms with E-state index in [1.807, 2.05) is 13.8 Å². The summed E-state index contributed by atoms with van der Waals surface area (Å²) >= 11 is 0. The van der Waals surface area contributed by atoms with Gasteiger partial charge in [0, 0.05) is 13.5 Å². The maximum atomic E-state index is 11.9. The predicted octanol–water partition coefficient (Wildman–Crippen LogP) is 1.78. The fraction of sp³-hybridized carbons (Fsp3) is 0.846. The molecule has 0 spiro atoms. The van der Waals surface area contributed by atoms with Crippen molar-refractivity contribution >= 4 is 11.8 Å². The number of carbonyl (C=O) groups is 2. The molecular weight excluding hydrogens is 216 g/mol. The van der Waals surface area contributed by atoms with Crippen molar-refractivity contribution in [3.8, 4) is 0 Å². The van der Waals surface area contributed by atoms with Gasteiger partial charge in [0.05, 0.1) is 0 Å². The Balaban J connectivity index is 4.44. The van der Waals surface area contributed by atoms with E-state index in [1.165, 1.54) is 4.90 Å². The Morgan fingerprint density at radius 3 is 2.00 bits per heavy atom. The molecule has 1 atom stereocenters. The Bertz CT molecular complexity index is 262. The monoisotopic (exact) mass is 242 g/mol. The van der Waals surface area contributed by atoms with Crippen LogP contribution in [0.4, 0.5) is 0 Å². The molecule has 0 saturated heterocycles. The van der Waals surface area contributed by atoms with Crippen LogP contribution in [0.15, 0.2) is 0 Å². The molecule has 4 heteroatoms. The Morgan fingerprint density at radius 1 is 1.12 bits per heavy atom. The smallest absolute Gasteiger partial charge is 0.240 e. The molecule has 0 heterocycles. The lowest BCUT2D eigenvalue weighted by Crippen LogP contribution is -2.46. The van der Waals surface area contributed by atoms with Gasteiger partial charge in [-0.1, -0.05) is 27.7 Å². The van der Waals surface area contributed by atoms with E-state index in [4.69, 9.17) is 5.73 Å². The van der Waals surface area contributed by atoms with E-state index < -0.39 is 11.9 Å². The number of primary amides is 1. The summed E-state index contributed by atoms with van der Waals surface area (Å²) in [5.41, 5.74) is 5.35. The van der Waals surface area contributed by atoms with Gasteiger partial charge in [0.15, 0.2) is 0 Å². The second kappa shape index (κ2) is 7.30. The van der Waals surface area contributed by atoms with Crippen LogP contribution in [0, 0.1) is 11.8 Å². The molecule has 0 saturated carbocycles. The van der Waals surface area contributed by atoms with Gasteiger partial charge in [0.25, 0.3) is 0 Å². The molecule has 2 N–H and O–H groups in total. The highest BCUT2D eigenvalue weighted by Gasteiger charge is 2.25. The number of hydrogen-bond donors (Lipinski definition) is 1. The lowest BCUT2D eigenvalue weighted by Gasteiger charge is -2.27. The SMILES string of the molecule is CC(C)CCC(=O)N(C)[C@@H](CC(C)C)C(N)=O. The highest BCUT2D eigenvalue weighted by Crippen LogP contribution is 2.13. The molecule has 4 nitrogen and oxygen atoms in total. The molecule has 0 radical (unpaired) electrons. The molecule has 0 bridgehead atoms. The molecule has 0 aromatic rings. The van der Waals surface area contributed by atoms with E-state index in [0.717, 1.165) is 6.42 Å². The average Bonchev–Trinajstić information content (AvgIpc) is 2.20. The first-order valence-electron chi connectivity index (χ1n) is 6.30. The van der Waals surface area contributed by atoms with Gasteiger partial charge in [0.1, 0.15) is 6.04 Å². The van der Waals surface area contributed by atoms with E-state index in [1.54, 1.807) is 7.05 Å². The first-order valence-corrected chi connectivity index (χ1v) is 6.30. The second-order valence-electron chi connectivity index (χ2n) is 5.48. The largest absolute Gasteiger partial charge is 0.368 e. The highest BCUT2D eigenvalue weighted by atomic mass is 16.2. The normalized spacial score (nSPS) is 12.9. The Hall–Kier alpha value is -1.06. The van der Waals surface area contributed by atoms with Crippen LogP contribution in [0.3, 0.4) is 0 Å². The number of carbonyl (C=O) groups excluding carboxylic acids is 2. The van der Waals surface area contributed by atoms with Crippen LogP contribution in [0.2, 0.25) is 0 Å². The van der Waals surface area contributed by atoms with Gasteiger partial charge in [-0.2, -0.15) is 0 Å². The van der Waals surface area contributed by atoms with Crippen molar-refractivity contribution in [2.45, 2.75) is 53.0 Å². The zero-order chi connectivity index (χ0) is 13.6. The van der Waals surface area contributed by atoms with E-state index in [9.17, 15) is 9.59 Å². The summed E-state index contributed by atoms with van der Waals surface area (Å²) in [4.78, 5) is 24.7. The first-order chi connectivity index (χ1) is 7.75. The third-order valence-corrected chi connectivity index (χ3v) is 2.82. The molecule has 0 fully saturated rings. The van der Waals surface area contributed by atoms with Gasteiger partial charge in [0.2, 0.25) is 11.8 Å². The molecule has 0 aromatic carbocycles. The van der Waals surface area contributed by atoms with Gasteiger partial charge in [-0.25, -0.2) is 0 Å². The molecule has 17 heavy (non-hydrogen) atoms. The topological polar surface area (TPSA) is 63.4 Å². The standard InChI is InChI=1S/C13H26N2O2/c1-9(2)6-7-12(16)15(5)11(13(14)17)8-10(3)4/h9-11H,6-8H2,1-5H3,(H2,14,17)/t11-/m0/s1. The fourth-order valence-corrected chi connectivity index (χ4v) is 1.67. The van der Waals surface area contributed by atoms with E-state index >= 15 is 0 Å². The Morgan fingerprint density at radius 2 is 1.65 bits per heavy atom. The van der Waals surface area contributed by atoms with Crippen LogP contribution in [0.1, 0.15) is 47.0 Å². The maximum absolute atomic E-state index is 11.9. The molecule has 0 aliphatic carbocycles. The van der Waals surface area contributed by atoms with Gasteiger partial charge >= 0.3 is 0 Å². The quantitative estimate of drug-likeness (QED) is 0.739. The number of amides is 2. The van der Waals surface area contributed by atoms with E-state index in [2.05, 4.69) is 13.8 Å². The van der Waals surface area contributed by atoms with Crippen LogP contribution in [0.5, 0.6) is 0 Å². The van der Waals surface area contributed by atoms with E-state index in [0.29, 0.717) is 24.7 Å². The minimum absolute atomic E-state index is 0.00292. The molecule has 0 aliphatic heterocycles. The number of nitrogens with zero attached hydrogens (tertiary/aromatic N) is 1. The van der Waals surface area contributed by atoms with Crippen LogP contribution < -0.4 is 5.73 Å². The third kappa shape index (κ3) is 6.29. The molecular formula is C13H26N2O2. The minimum Gasteiger partial charge on any atom is -0.368 e. The number of likely N-dealkylation sites (N-methyl/N-ethyl adjacent to an activating group) is 1. The van der Waals surface area contributed by atoms with Crippen molar-refractivity contribution in [1.82, 2.24) is 4.90 Å². The van der Waals surface area contributed by atoms with Gasteiger partial charge in [-0.3, -0.25) is 9.59 Å². The third-order valence-electron chi connectivity index (χ3n) is 2.82. The summed E-state index contributed by atoms with van der Waals surface area (Å²) in [5.74, 6) is 0.416. The second-order valence-corrected chi connectivity index (χ2v) is 5.48. The lowest BCUT2D eigenvalue weighted by atomic mass is 10.0. The van der Waals surface area contributed by atoms with Gasteiger partial charge in [-0.05, 0) is 24.7 Å². The zero-order valence-electron chi connectivity index (χ0n) is 11.7. The highest BCUT2D eigenvalue weighted by molar-refractivity contribution is 5.86. The van der Waals surface area contributed by atoms with E-state index in [-0.39, 0.29) is 5.91 Å². The van der Waals surface area contributed by atoms with Gasteiger partial charge in [-0.15, -0.1) is 0 Å². The summed E-state index contributed by atoms with van der Waals surface area (Å²) in [6, 6.07) is -0.477. The van der Waals surface area contributed by atoms with Crippen LogP contribution in [-0.4, -0.2) is 29.8 Å². The van der Waals surface area contributed by atoms with Crippen LogP contribution in [0.25, 0.3) is 0 Å². The summed E-state index contributed by atoms with van der Waals surface area (Å²) in [5, 5.41) is 0. The summed E-state index contributed by atoms with van der Waals surface area (Å²) in [6.07, 6.45) is 1.95. The molecule has 0 unspecified atom stereocenters. The van der Waals surface area contributed by atoms with Crippen LogP contribution >= 0.6 is 0 Å². The summed E-state index contributed by atoms with van der Waals surface area (Å²) < 4.78 is 0. The molecule has 2 amide bonds. The molecule has 0 rings (SSSR count). The first kappa shape index (κ1) is 15.9. The zero-order valence-corrected chi connectivity index (χ0v) is 11.7. The number of nitrogens with two attached hydrogens (primary N) is 1. The number of hydrogen-bond acceptors (Lipinski definition) is 2. The van der Waals surface area contributed by atoms with Crippen molar-refractivity contribution in [1.29, 1.82) is 0 Å². The Labute approximate surface area is 105 Å². The van der Waals surface area contributed by atoms with Crippen molar-refractivity contribution in [3.05, 3.63) is 0 Å². The Kier molecular flexibility index (Phi) is 6.85. The van der Waals surface area contributed by atoms with Gasteiger partial charge < -0.3 is 10.6 Å². The predicted molar refractivity (Wildman–Crippen MR) is 69.3 cm³/mol. The van der Waals surface area contributed by atoms with Crippen molar-refractivity contribution in [2.75, 3.05) is 7.05 Å². The summed E-state index contributed by atoms with van der Waals surface area (Å²) in [6.45, 7) is 8.19. The van der Waals surface area contributed by atoms with Crippen LogP contribution in [-0.2, 0) is 9.59 Å². The maximum Gasteiger partial charge on any atom is 0.240 e. The molecule has 100 valence electrons. The molecule has 0 aliphatic rings. The lowest BCUT2D eigenvalue weighted by molar-refractivity contribution is -0.138. The molecule has 0 aromatic heterocycles. The van der Waals surface area contributed by atoms with Crippen molar-refractivity contribution < 1.29 is 9.59 Å². The van der Waals surface area contributed by atoms with Crippen molar-refractivity contribution in [2.24, 2.45) is 17.6 Å². The fourth-order valence-electron chi connectivity index (χ4n) is 1.67.